The molecule has 0 spiro atoms. The first-order chi connectivity index (χ1) is 5.12. The molecule has 0 aromatic rings. The third-order valence-electron chi connectivity index (χ3n) is 2.38. The number of hydrogen-bond donors (Lipinski definition) is 2. The van der Waals surface area contributed by atoms with E-state index in [9.17, 15) is 4.79 Å². The number of hydrogen-bond acceptors (Lipinski definition) is 2. The molecule has 12 heavy (non-hydrogen) atoms. The van der Waals surface area contributed by atoms with Crippen molar-refractivity contribution in [3.05, 3.63) is 0 Å². The van der Waals surface area contributed by atoms with Crippen molar-refractivity contribution in [3.8, 4) is 0 Å². The second kappa shape index (κ2) is 4.67. The molecule has 0 aliphatic heterocycles. The largest absolute Gasteiger partial charge is 0.370 e. The van der Waals surface area contributed by atoms with Crippen molar-refractivity contribution < 1.29 is 4.79 Å². The van der Waals surface area contributed by atoms with Gasteiger partial charge in [-0.1, -0.05) is 19.3 Å². The Labute approximate surface area is 79.3 Å². The Morgan fingerprint density at radius 1 is 1.25 bits per heavy atom. The van der Waals surface area contributed by atoms with Gasteiger partial charge in [-0.2, -0.15) is 0 Å². The quantitative estimate of drug-likeness (QED) is 0.684. The number of carbonyl (C=O) groups is 1. The van der Waals surface area contributed by atoms with Gasteiger partial charge in [0.1, 0.15) is 0 Å². The highest BCUT2D eigenvalue weighted by Gasteiger charge is 2.28. The molecule has 0 aromatic heterocycles. The molecule has 3 nitrogen and oxygen atoms in total. The summed E-state index contributed by atoms with van der Waals surface area (Å²) in [6.45, 7) is 0. The average molecular weight is 193 g/mol. The van der Waals surface area contributed by atoms with E-state index in [1.165, 1.54) is 6.42 Å². The van der Waals surface area contributed by atoms with Gasteiger partial charge in [-0.3, -0.25) is 4.79 Å². The molecule has 1 rings (SSSR count). The highest BCUT2D eigenvalue weighted by molar-refractivity contribution is 5.85. The van der Waals surface area contributed by atoms with Crippen molar-refractivity contribution in [3.63, 3.8) is 0 Å². The molecule has 0 aromatic carbocycles. The lowest BCUT2D eigenvalue weighted by molar-refractivity contribution is -0.119. The van der Waals surface area contributed by atoms with Crippen LogP contribution in [0.15, 0.2) is 0 Å². The van der Waals surface area contributed by atoms with Crippen LogP contribution in [0.25, 0.3) is 0 Å². The zero-order valence-corrected chi connectivity index (χ0v) is 8.03. The van der Waals surface area contributed by atoms with E-state index in [1.807, 2.05) is 0 Å². The normalized spacial score (nSPS) is 21.1. The van der Waals surface area contributed by atoms with Crippen molar-refractivity contribution in [2.75, 3.05) is 0 Å². The van der Waals surface area contributed by atoms with Gasteiger partial charge in [0.2, 0.25) is 5.91 Å². The molecule has 0 atom stereocenters. The van der Waals surface area contributed by atoms with Gasteiger partial charge in [0, 0.05) is 12.0 Å². The predicted octanol–water partition coefficient (Wildman–Crippen LogP) is 0.945. The number of primary amides is 1. The second-order valence-electron chi connectivity index (χ2n) is 3.57. The molecule has 0 radical (unpaired) electrons. The SMILES string of the molecule is Cl.NC(=O)CC1(N)CCCCC1. The highest BCUT2D eigenvalue weighted by atomic mass is 35.5. The molecule has 1 aliphatic carbocycles. The van der Waals surface area contributed by atoms with Crippen LogP contribution < -0.4 is 11.5 Å². The highest BCUT2D eigenvalue weighted by Crippen LogP contribution is 2.28. The molecule has 0 unspecified atom stereocenters. The summed E-state index contributed by atoms with van der Waals surface area (Å²) in [4.78, 5) is 10.6. The lowest BCUT2D eigenvalue weighted by Gasteiger charge is -2.32. The summed E-state index contributed by atoms with van der Waals surface area (Å²) >= 11 is 0. The number of amides is 1. The molecule has 0 heterocycles. The van der Waals surface area contributed by atoms with E-state index < -0.39 is 0 Å². The molecule has 0 bridgehead atoms. The maximum Gasteiger partial charge on any atom is 0.219 e. The number of halogens is 1. The first kappa shape index (κ1) is 11.7. The zero-order valence-electron chi connectivity index (χ0n) is 7.21. The van der Waals surface area contributed by atoms with Crippen LogP contribution >= 0.6 is 12.4 Å². The van der Waals surface area contributed by atoms with Crippen molar-refractivity contribution in [2.45, 2.75) is 44.1 Å². The lowest BCUT2D eigenvalue weighted by Crippen LogP contribution is -2.44. The first-order valence-corrected chi connectivity index (χ1v) is 4.20. The molecule has 1 aliphatic rings. The summed E-state index contributed by atoms with van der Waals surface area (Å²) in [7, 11) is 0. The molecule has 4 heteroatoms. The van der Waals surface area contributed by atoms with E-state index in [2.05, 4.69) is 0 Å². The van der Waals surface area contributed by atoms with Crippen LogP contribution in [-0.4, -0.2) is 11.4 Å². The van der Waals surface area contributed by atoms with Gasteiger partial charge in [0.15, 0.2) is 0 Å². The van der Waals surface area contributed by atoms with Crippen molar-refractivity contribution in [2.24, 2.45) is 11.5 Å². The molecule has 1 saturated carbocycles. The lowest BCUT2D eigenvalue weighted by atomic mass is 9.80. The Kier molecular flexibility index (Phi) is 4.57. The predicted molar refractivity (Wildman–Crippen MR) is 51.1 cm³/mol. The summed E-state index contributed by atoms with van der Waals surface area (Å²) < 4.78 is 0. The van der Waals surface area contributed by atoms with E-state index in [0.29, 0.717) is 6.42 Å². The smallest absolute Gasteiger partial charge is 0.219 e. The summed E-state index contributed by atoms with van der Waals surface area (Å²) in [6.07, 6.45) is 5.80. The Balaban J connectivity index is 0.00000121. The Morgan fingerprint density at radius 2 is 1.75 bits per heavy atom. The molecular formula is C8H17ClN2O. The van der Waals surface area contributed by atoms with E-state index in [0.717, 1.165) is 25.7 Å². The first-order valence-electron chi connectivity index (χ1n) is 4.20. The minimum atomic E-state index is -0.274. The van der Waals surface area contributed by atoms with Crippen LogP contribution in [0.4, 0.5) is 0 Å². The van der Waals surface area contributed by atoms with Crippen molar-refractivity contribution in [1.82, 2.24) is 0 Å². The fourth-order valence-electron chi connectivity index (χ4n) is 1.78. The molecule has 72 valence electrons. The van der Waals surface area contributed by atoms with Crippen molar-refractivity contribution >= 4 is 18.3 Å². The van der Waals surface area contributed by atoms with Gasteiger partial charge in [0.05, 0.1) is 0 Å². The monoisotopic (exact) mass is 192 g/mol. The van der Waals surface area contributed by atoms with Gasteiger partial charge in [-0.25, -0.2) is 0 Å². The topological polar surface area (TPSA) is 69.1 Å². The maximum atomic E-state index is 10.6. The summed E-state index contributed by atoms with van der Waals surface area (Å²) in [5.41, 5.74) is 10.8. The average Bonchev–Trinajstić information content (AvgIpc) is 1.85. The molecule has 1 amide bonds. The number of nitrogens with two attached hydrogens (primary N) is 2. The van der Waals surface area contributed by atoms with Gasteiger partial charge in [0.25, 0.3) is 0 Å². The second-order valence-corrected chi connectivity index (χ2v) is 3.57. The van der Waals surface area contributed by atoms with Crippen LogP contribution in [0.5, 0.6) is 0 Å². The van der Waals surface area contributed by atoms with Crippen LogP contribution in [0, 0.1) is 0 Å². The van der Waals surface area contributed by atoms with Gasteiger partial charge in [-0.05, 0) is 12.8 Å². The minimum absolute atomic E-state index is 0. The standard InChI is InChI=1S/C8H16N2O.ClH/c9-7(11)6-8(10)4-2-1-3-5-8;/h1-6,10H2,(H2,9,11);1H. The van der Waals surface area contributed by atoms with E-state index in [4.69, 9.17) is 11.5 Å². The summed E-state index contributed by atoms with van der Waals surface area (Å²) in [5, 5.41) is 0. The fraction of sp³-hybridized carbons (Fsp3) is 0.875. The van der Waals surface area contributed by atoms with Gasteiger partial charge >= 0.3 is 0 Å². The van der Waals surface area contributed by atoms with Gasteiger partial charge < -0.3 is 11.5 Å². The Bertz CT molecular complexity index is 155. The summed E-state index contributed by atoms with van der Waals surface area (Å²) in [5.74, 6) is -0.269. The van der Waals surface area contributed by atoms with Crippen LogP contribution in [0.3, 0.4) is 0 Å². The number of rotatable bonds is 2. The Morgan fingerprint density at radius 3 is 2.17 bits per heavy atom. The Hall–Kier alpha value is -0.280. The van der Waals surface area contributed by atoms with E-state index in [1.54, 1.807) is 0 Å². The maximum absolute atomic E-state index is 10.6. The van der Waals surface area contributed by atoms with Crippen molar-refractivity contribution in [1.29, 1.82) is 0 Å². The molecular weight excluding hydrogens is 176 g/mol. The minimum Gasteiger partial charge on any atom is -0.370 e. The third kappa shape index (κ3) is 3.41. The zero-order chi connectivity index (χ0) is 8.32. The van der Waals surface area contributed by atoms with Crippen LogP contribution in [0.2, 0.25) is 0 Å². The van der Waals surface area contributed by atoms with Crippen LogP contribution in [-0.2, 0) is 4.79 Å². The molecule has 0 saturated heterocycles. The van der Waals surface area contributed by atoms with E-state index in [-0.39, 0.29) is 23.9 Å². The molecule has 1 fully saturated rings. The molecule has 4 N–H and O–H groups in total. The van der Waals surface area contributed by atoms with Crippen LogP contribution in [0.1, 0.15) is 38.5 Å². The number of carbonyl (C=O) groups excluding carboxylic acids is 1. The fourth-order valence-corrected chi connectivity index (χ4v) is 1.78. The summed E-state index contributed by atoms with van der Waals surface area (Å²) in [6, 6.07) is 0. The van der Waals surface area contributed by atoms with Gasteiger partial charge in [-0.15, -0.1) is 12.4 Å². The van der Waals surface area contributed by atoms with E-state index >= 15 is 0 Å². The third-order valence-corrected chi connectivity index (χ3v) is 2.38.